The zero-order chi connectivity index (χ0) is 14.1. The van der Waals surface area contributed by atoms with Crippen molar-refractivity contribution in [1.82, 2.24) is 5.32 Å². The van der Waals surface area contributed by atoms with E-state index in [1.54, 1.807) is 11.3 Å². The van der Waals surface area contributed by atoms with Crippen LogP contribution in [-0.2, 0) is 10.2 Å². The second kappa shape index (κ2) is 5.21. The number of carbonyl (C=O) groups excluding carboxylic acids is 1. The number of nitrogens with two attached hydrogens (primary N) is 1. The molecule has 19 heavy (non-hydrogen) atoms. The number of hydrogen-bond donors (Lipinski definition) is 2. The number of carbonyl (C=O) groups is 1. The van der Waals surface area contributed by atoms with Gasteiger partial charge in [-0.2, -0.15) is 0 Å². The molecule has 3 nitrogen and oxygen atoms in total. The highest BCUT2D eigenvalue weighted by atomic mass is 32.1. The van der Waals surface area contributed by atoms with Crippen molar-refractivity contribution in [1.29, 1.82) is 0 Å². The Kier molecular flexibility index (Phi) is 3.97. The van der Waals surface area contributed by atoms with Gasteiger partial charge in [0.25, 0.3) is 0 Å². The van der Waals surface area contributed by atoms with E-state index in [1.165, 1.54) is 4.88 Å². The summed E-state index contributed by atoms with van der Waals surface area (Å²) in [5.74, 6) is -0.00381. The average molecular weight is 296 g/mol. The number of amides is 1. The zero-order valence-electron chi connectivity index (χ0n) is 11.4. The molecule has 1 aromatic rings. The van der Waals surface area contributed by atoms with Crippen molar-refractivity contribution >= 4 is 34.5 Å². The summed E-state index contributed by atoms with van der Waals surface area (Å²) in [6.45, 7) is 4.87. The molecule has 1 saturated carbocycles. The number of thiocarbonyl (C=S) groups is 1. The van der Waals surface area contributed by atoms with Crippen LogP contribution in [0.1, 0.15) is 38.0 Å². The van der Waals surface area contributed by atoms with Crippen molar-refractivity contribution < 1.29 is 4.79 Å². The second-order valence-corrected chi connectivity index (χ2v) is 7.23. The van der Waals surface area contributed by atoms with Crippen LogP contribution in [-0.4, -0.2) is 17.4 Å². The van der Waals surface area contributed by atoms with Crippen LogP contribution < -0.4 is 11.1 Å². The molecule has 1 aliphatic rings. The van der Waals surface area contributed by atoms with Crippen molar-refractivity contribution in [2.75, 3.05) is 6.54 Å². The molecule has 104 valence electrons. The van der Waals surface area contributed by atoms with Crippen LogP contribution in [0, 0.1) is 5.41 Å². The van der Waals surface area contributed by atoms with Gasteiger partial charge in [0.2, 0.25) is 5.91 Å². The van der Waals surface area contributed by atoms with Crippen LogP contribution in [0.15, 0.2) is 17.5 Å². The molecule has 0 radical (unpaired) electrons. The smallest absolute Gasteiger partial charge is 0.233 e. The minimum Gasteiger partial charge on any atom is -0.392 e. The van der Waals surface area contributed by atoms with Gasteiger partial charge in [0.15, 0.2) is 0 Å². The maximum Gasteiger partial charge on any atom is 0.233 e. The lowest BCUT2D eigenvalue weighted by Gasteiger charge is -2.39. The minimum absolute atomic E-state index is 0.00381. The molecule has 0 spiro atoms. The first-order chi connectivity index (χ1) is 8.88. The first-order valence-electron chi connectivity index (χ1n) is 6.51. The molecule has 1 fully saturated rings. The number of nitrogens with one attached hydrogen (secondary N) is 1. The van der Waals surface area contributed by atoms with E-state index in [2.05, 4.69) is 30.6 Å². The molecule has 0 unspecified atom stereocenters. The van der Waals surface area contributed by atoms with Gasteiger partial charge in [-0.25, -0.2) is 0 Å². The molecule has 3 N–H and O–H groups in total. The molecule has 0 bridgehead atoms. The van der Waals surface area contributed by atoms with Crippen molar-refractivity contribution in [2.45, 2.75) is 38.5 Å². The Morgan fingerprint density at radius 1 is 1.58 bits per heavy atom. The Morgan fingerprint density at radius 3 is 2.68 bits per heavy atom. The third-order valence-corrected chi connectivity index (χ3v) is 5.62. The predicted molar refractivity (Wildman–Crippen MR) is 83.4 cm³/mol. The molecule has 0 saturated heterocycles. The quantitative estimate of drug-likeness (QED) is 0.821. The normalized spacial score (nSPS) is 17.6. The van der Waals surface area contributed by atoms with Gasteiger partial charge in [0.1, 0.15) is 0 Å². The largest absolute Gasteiger partial charge is 0.392 e. The maximum absolute atomic E-state index is 12.3. The molecule has 0 aliphatic heterocycles. The molecular formula is C14H20N2OS2. The summed E-state index contributed by atoms with van der Waals surface area (Å²) >= 11 is 6.78. The van der Waals surface area contributed by atoms with Gasteiger partial charge >= 0.3 is 0 Å². The van der Waals surface area contributed by atoms with E-state index in [-0.39, 0.29) is 11.3 Å². The van der Waals surface area contributed by atoms with Gasteiger partial charge in [-0.1, -0.05) is 38.6 Å². The first kappa shape index (κ1) is 14.5. The molecule has 0 aromatic carbocycles. The van der Waals surface area contributed by atoms with E-state index in [9.17, 15) is 4.79 Å². The van der Waals surface area contributed by atoms with Gasteiger partial charge in [0.05, 0.1) is 10.4 Å². The Balaban J connectivity index is 1.99. The number of hydrogen-bond acceptors (Lipinski definition) is 3. The van der Waals surface area contributed by atoms with Crippen molar-refractivity contribution in [3.05, 3.63) is 22.4 Å². The summed E-state index contributed by atoms with van der Waals surface area (Å²) < 4.78 is 0. The standard InChI is InChI=1S/C14H20N2OS2/c1-13(2,10-5-3-8-19-10)9-16-12(17)14(11(15)18)6-4-7-14/h3,5,8H,4,6-7,9H2,1-2H3,(H2,15,18)(H,16,17). The Morgan fingerprint density at radius 2 is 2.26 bits per heavy atom. The SMILES string of the molecule is CC(C)(CNC(=O)C1(C(N)=S)CCC1)c1cccs1. The van der Waals surface area contributed by atoms with E-state index in [4.69, 9.17) is 18.0 Å². The Labute approximate surface area is 123 Å². The maximum atomic E-state index is 12.3. The summed E-state index contributed by atoms with van der Waals surface area (Å²) in [6.07, 6.45) is 2.60. The van der Waals surface area contributed by atoms with Gasteiger partial charge in [0, 0.05) is 16.8 Å². The van der Waals surface area contributed by atoms with Gasteiger partial charge < -0.3 is 11.1 Å². The monoisotopic (exact) mass is 296 g/mol. The molecule has 1 heterocycles. The third kappa shape index (κ3) is 2.67. The molecule has 1 aliphatic carbocycles. The third-order valence-electron chi connectivity index (χ3n) is 3.99. The van der Waals surface area contributed by atoms with E-state index < -0.39 is 5.41 Å². The van der Waals surface area contributed by atoms with Crippen molar-refractivity contribution in [3.63, 3.8) is 0 Å². The van der Waals surface area contributed by atoms with Crippen LogP contribution in [0.25, 0.3) is 0 Å². The van der Waals surface area contributed by atoms with Crippen LogP contribution in [0.5, 0.6) is 0 Å². The van der Waals surface area contributed by atoms with Crippen LogP contribution >= 0.6 is 23.6 Å². The summed E-state index contributed by atoms with van der Waals surface area (Å²) in [7, 11) is 0. The van der Waals surface area contributed by atoms with Gasteiger partial charge in [-0.3, -0.25) is 4.79 Å². The summed E-state index contributed by atoms with van der Waals surface area (Å²) in [5.41, 5.74) is 5.09. The summed E-state index contributed by atoms with van der Waals surface area (Å²) in [5, 5.41) is 5.09. The van der Waals surface area contributed by atoms with E-state index in [0.717, 1.165) is 19.3 Å². The number of rotatable bonds is 5. The number of thiophene rings is 1. The molecule has 0 atom stereocenters. The molecule has 5 heteroatoms. The zero-order valence-corrected chi connectivity index (χ0v) is 13.0. The Hall–Kier alpha value is -0.940. The highest BCUT2D eigenvalue weighted by Crippen LogP contribution is 2.41. The summed E-state index contributed by atoms with van der Waals surface area (Å²) in [6, 6.07) is 4.13. The van der Waals surface area contributed by atoms with Crippen molar-refractivity contribution in [2.24, 2.45) is 11.1 Å². The van der Waals surface area contributed by atoms with Crippen LogP contribution in [0.4, 0.5) is 0 Å². The van der Waals surface area contributed by atoms with Gasteiger partial charge in [-0.05, 0) is 24.3 Å². The molecule has 1 amide bonds. The molecular weight excluding hydrogens is 276 g/mol. The van der Waals surface area contributed by atoms with E-state index in [0.29, 0.717) is 11.5 Å². The lowest BCUT2D eigenvalue weighted by molar-refractivity contribution is -0.131. The van der Waals surface area contributed by atoms with Crippen molar-refractivity contribution in [3.8, 4) is 0 Å². The topological polar surface area (TPSA) is 55.1 Å². The highest BCUT2D eigenvalue weighted by molar-refractivity contribution is 7.80. The predicted octanol–water partition coefficient (Wildman–Crippen LogP) is 2.60. The van der Waals surface area contributed by atoms with Crippen LogP contribution in [0.3, 0.4) is 0 Å². The minimum atomic E-state index is -0.582. The van der Waals surface area contributed by atoms with Crippen LogP contribution in [0.2, 0.25) is 0 Å². The Bertz CT molecular complexity index is 476. The fraction of sp³-hybridized carbons (Fsp3) is 0.571. The highest BCUT2D eigenvalue weighted by Gasteiger charge is 2.47. The van der Waals surface area contributed by atoms with Gasteiger partial charge in [-0.15, -0.1) is 11.3 Å². The second-order valence-electron chi connectivity index (χ2n) is 5.84. The fourth-order valence-corrected chi connectivity index (χ4v) is 3.49. The first-order valence-corrected chi connectivity index (χ1v) is 7.79. The molecule has 1 aromatic heterocycles. The summed E-state index contributed by atoms with van der Waals surface area (Å²) in [4.78, 5) is 13.9. The fourth-order valence-electron chi connectivity index (χ4n) is 2.34. The average Bonchev–Trinajstić information content (AvgIpc) is 2.78. The van der Waals surface area contributed by atoms with E-state index in [1.807, 2.05) is 6.07 Å². The lowest BCUT2D eigenvalue weighted by Crippen LogP contribution is -2.54. The lowest BCUT2D eigenvalue weighted by atomic mass is 9.68. The molecule has 2 rings (SSSR count). The van der Waals surface area contributed by atoms with E-state index >= 15 is 0 Å².